The number of hydrogen-bond donors (Lipinski definition) is 3. The maximum Gasteiger partial charge on any atom is 0.340 e. The molecule has 0 atom stereocenters. The molecule has 0 saturated carbocycles. The Hall–Kier alpha value is -3.67. The zero-order chi connectivity index (χ0) is 18.1. The molecule has 3 N–H and O–H groups in total. The number of fused-ring (bicyclic) bond motifs is 6. The van der Waals surface area contributed by atoms with Crippen molar-refractivity contribution >= 4 is 5.97 Å². The van der Waals surface area contributed by atoms with Crippen molar-refractivity contribution in [1.29, 1.82) is 0 Å². The standard InChI is InChI=1S/C20H12O6/c21-10-1-4-14-13(7-10)19(24)26-20(14)15-5-2-11(22)8-17(15)25-18-9-12(23)3-6-16(18)20/h1-9,21-23H. The topological polar surface area (TPSA) is 96.2 Å². The fourth-order valence-electron chi connectivity index (χ4n) is 3.69. The highest BCUT2D eigenvalue weighted by atomic mass is 16.6. The molecule has 0 aromatic heterocycles. The summed E-state index contributed by atoms with van der Waals surface area (Å²) in [5.41, 5.74) is 0.620. The Bertz CT molecular complexity index is 1050. The van der Waals surface area contributed by atoms with Crippen LogP contribution in [0.25, 0.3) is 0 Å². The fraction of sp³-hybridized carbons (Fsp3) is 0.0500. The third-order valence-electron chi connectivity index (χ3n) is 4.76. The molecule has 6 nitrogen and oxygen atoms in total. The van der Waals surface area contributed by atoms with Gasteiger partial charge in [-0.2, -0.15) is 0 Å². The minimum absolute atomic E-state index is 0.00208. The van der Waals surface area contributed by atoms with E-state index in [2.05, 4.69) is 0 Å². The van der Waals surface area contributed by atoms with Gasteiger partial charge in [0.05, 0.1) is 5.56 Å². The van der Waals surface area contributed by atoms with Crippen LogP contribution < -0.4 is 4.74 Å². The summed E-state index contributed by atoms with van der Waals surface area (Å²) in [5.74, 6) is 0.0154. The van der Waals surface area contributed by atoms with Gasteiger partial charge in [0.15, 0.2) is 5.60 Å². The predicted molar refractivity (Wildman–Crippen MR) is 89.7 cm³/mol. The summed E-state index contributed by atoms with van der Waals surface area (Å²) in [6.45, 7) is 0. The molecule has 2 aliphatic rings. The number of benzene rings is 3. The normalized spacial score (nSPS) is 15.6. The van der Waals surface area contributed by atoms with Crippen LogP contribution in [-0.2, 0) is 10.3 Å². The third kappa shape index (κ3) is 1.73. The molecule has 0 saturated heterocycles. The van der Waals surface area contributed by atoms with Crippen LogP contribution in [0.2, 0.25) is 0 Å². The molecule has 128 valence electrons. The molecular weight excluding hydrogens is 336 g/mol. The second kappa shape index (κ2) is 4.70. The van der Waals surface area contributed by atoms with Gasteiger partial charge in [-0.25, -0.2) is 4.79 Å². The molecule has 0 bridgehead atoms. The van der Waals surface area contributed by atoms with Crippen molar-refractivity contribution in [3.8, 4) is 28.7 Å². The number of esters is 1. The van der Waals surface area contributed by atoms with Crippen molar-refractivity contribution in [2.24, 2.45) is 0 Å². The second-order valence-corrected chi connectivity index (χ2v) is 6.26. The average Bonchev–Trinajstić information content (AvgIpc) is 2.87. The van der Waals surface area contributed by atoms with E-state index in [9.17, 15) is 20.1 Å². The lowest BCUT2D eigenvalue weighted by molar-refractivity contribution is 0.0224. The van der Waals surface area contributed by atoms with Crippen molar-refractivity contribution in [2.45, 2.75) is 5.60 Å². The van der Waals surface area contributed by atoms with E-state index in [1.165, 1.54) is 36.4 Å². The van der Waals surface area contributed by atoms with E-state index >= 15 is 0 Å². The van der Waals surface area contributed by atoms with Crippen LogP contribution in [0, 0.1) is 0 Å². The van der Waals surface area contributed by atoms with Crippen LogP contribution in [0.1, 0.15) is 27.0 Å². The van der Waals surface area contributed by atoms with Gasteiger partial charge in [-0.3, -0.25) is 0 Å². The summed E-state index contributed by atoms with van der Waals surface area (Å²) in [6, 6.07) is 13.6. The van der Waals surface area contributed by atoms with E-state index in [0.717, 1.165) is 0 Å². The molecule has 1 spiro atoms. The Balaban J connectivity index is 1.90. The number of ether oxygens (including phenoxy) is 2. The summed E-state index contributed by atoms with van der Waals surface area (Å²) < 4.78 is 11.7. The zero-order valence-corrected chi connectivity index (χ0v) is 13.3. The second-order valence-electron chi connectivity index (χ2n) is 6.26. The first kappa shape index (κ1) is 14.7. The molecule has 0 amide bonds. The van der Waals surface area contributed by atoms with Crippen LogP contribution in [-0.4, -0.2) is 21.3 Å². The quantitative estimate of drug-likeness (QED) is 0.539. The van der Waals surface area contributed by atoms with E-state index in [-0.39, 0.29) is 22.8 Å². The van der Waals surface area contributed by atoms with Gasteiger partial charge >= 0.3 is 5.97 Å². The van der Waals surface area contributed by atoms with E-state index < -0.39 is 11.6 Å². The summed E-state index contributed by atoms with van der Waals surface area (Å²) in [7, 11) is 0. The van der Waals surface area contributed by atoms with Crippen molar-refractivity contribution in [1.82, 2.24) is 0 Å². The Kier molecular flexibility index (Phi) is 2.65. The van der Waals surface area contributed by atoms with Crippen molar-refractivity contribution in [3.63, 3.8) is 0 Å². The van der Waals surface area contributed by atoms with Crippen molar-refractivity contribution in [2.75, 3.05) is 0 Å². The van der Waals surface area contributed by atoms with Crippen molar-refractivity contribution < 1.29 is 29.6 Å². The molecule has 6 heteroatoms. The number of carbonyl (C=O) groups is 1. The van der Waals surface area contributed by atoms with Gasteiger partial charge < -0.3 is 24.8 Å². The van der Waals surface area contributed by atoms with E-state index in [4.69, 9.17) is 9.47 Å². The van der Waals surface area contributed by atoms with E-state index in [0.29, 0.717) is 28.2 Å². The number of hydrogen-bond acceptors (Lipinski definition) is 6. The average molecular weight is 348 g/mol. The summed E-state index contributed by atoms with van der Waals surface area (Å²) in [6.07, 6.45) is 0. The SMILES string of the molecule is O=C1OC2(c3ccc(O)cc3Oc3cc(O)ccc32)c2ccc(O)cc21. The number of phenols is 3. The van der Waals surface area contributed by atoms with Gasteiger partial charge in [-0.1, -0.05) is 0 Å². The molecule has 0 aliphatic carbocycles. The monoisotopic (exact) mass is 348 g/mol. The molecule has 26 heavy (non-hydrogen) atoms. The molecule has 0 unspecified atom stereocenters. The van der Waals surface area contributed by atoms with Gasteiger partial charge in [0.2, 0.25) is 0 Å². The number of phenolic OH excluding ortho intramolecular Hbond substituents is 3. The highest BCUT2D eigenvalue weighted by Gasteiger charge is 2.53. The molecule has 0 fully saturated rings. The predicted octanol–water partition coefficient (Wildman–Crippen LogP) is 3.37. The molecule has 3 aromatic rings. The molecular formula is C20H12O6. The number of aromatic hydroxyl groups is 3. The molecule has 5 rings (SSSR count). The van der Waals surface area contributed by atoms with Crippen LogP contribution in [0.15, 0.2) is 54.6 Å². The molecule has 0 radical (unpaired) electrons. The third-order valence-corrected chi connectivity index (χ3v) is 4.76. The molecule has 3 aromatic carbocycles. The maximum atomic E-state index is 12.6. The summed E-state index contributed by atoms with van der Waals surface area (Å²) >= 11 is 0. The molecule has 2 aliphatic heterocycles. The highest BCUT2D eigenvalue weighted by molar-refractivity contribution is 5.97. The van der Waals surface area contributed by atoms with Gasteiger partial charge in [0, 0.05) is 28.8 Å². The van der Waals surface area contributed by atoms with E-state index in [1.54, 1.807) is 18.2 Å². The van der Waals surface area contributed by atoms with Crippen LogP contribution >= 0.6 is 0 Å². The van der Waals surface area contributed by atoms with Gasteiger partial charge in [0.25, 0.3) is 0 Å². The van der Waals surface area contributed by atoms with E-state index in [1.807, 2.05) is 0 Å². The highest BCUT2D eigenvalue weighted by Crippen LogP contribution is 2.57. The summed E-state index contributed by atoms with van der Waals surface area (Å²) in [5, 5.41) is 29.4. The first-order valence-electron chi connectivity index (χ1n) is 7.91. The largest absolute Gasteiger partial charge is 0.508 e. The lowest BCUT2D eigenvalue weighted by atomic mass is 9.77. The zero-order valence-electron chi connectivity index (χ0n) is 13.3. The maximum absolute atomic E-state index is 12.6. The van der Waals surface area contributed by atoms with Gasteiger partial charge in [-0.05, 0) is 42.5 Å². The Morgan fingerprint density at radius 1 is 0.692 bits per heavy atom. The van der Waals surface area contributed by atoms with Crippen LogP contribution in [0.5, 0.6) is 28.7 Å². The van der Waals surface area contributed by atoms with Crippen molar-refractivity contribution in [3.05, 3.63) is 76.9 Å². The molecule has 2 heterocycles. The number of carbonyl (C=O) groups excluding carboxylic acids is 1. The Labute approximate surface area is 147 Å². The first-order chi connectivity index (χ1) is 12.5. The Morgan fingerprint density at radius 2 is 1.19 bits per heavy atom. The minimum Gasteiger partial charge on any atom is -0.508 e. The lowest BCUT2D eigenvalue weighted by Crippen LogP contribution is -2.32. The smallest absolute Gasteiger partial charge is 0.340 e. The first-order valence-corrected chi connectivity index (χ1v) is 7.91. The lowest BCUT2D eigenvalue weighted by Gasteiger charge is -2.36. The minimum atomic E-state index is -1.29. The Morgan fingerprint density at radius 3 is 1.77 bits per heavy atom. The van der Waals surface area contributed by atoms with Crippen LogP contribution in [0.3, 0.4) is 0 Å². The van der Waals surface area contributed by atoms with Gasteiger partial charge in [0.1, 0.15) is 28.7 Å². The number of rotatable bonds is 0. The summed E-state index contributed by atoms with van der Waals surface area (Å²) in [4.78, 5) is 12.6. The fourth-order valence-corrected chi connectivity index (χ4v) is 3.69. The van der Waals surface area contributed by atoms with Gasteiger partial charge in [-0.15, -0.1) is 0 Å². The van der Waals surface area contributed by atoms with Crippen LogP contribution in [0.4, 0.5) is 0 Å².